The van der Waals surface area contributed by atoms with Crippen molar-refractivity contribution in [2.45, 2.75) is 33.4 Å². The molecule has 3 heterocycles. The van der Waals surface area contributed by atoms with E-state index in [1.54, 1.807) is 18.4 Å². The highest BCUT2D eigenvalue weighted by atomic mass is 16.3. The number of aromatic nitrogens is 2. The Hall–Kier alpha value is -2.66. The second kappa shape index (κ2) is 6.33. The molecule has 2 aromatic heterocycles. The fraction of sp³-hybridized carbons (Fsp3) is 0.300. The van der Waals surface area contributed by atoms with Gasteiger partial charge in [0.15, 0.2) is 11.6 Å². The molecule has 5 nitrogen and oxygen atoms in total. The standard InChI is InChI=1S/C20H21N3O2/c1-13-5-6-15(10-14(13)2)11-23-8-7-16-17(12-23)21-19(22-20(16)24)18-4-3-9-25-18/h3-6,9-10H,7-8,11-12H2,1-2H3,(H,21,22,24). The fourth-order valence-electron chi connectivity index (χ4n) is 3.32. The fourth-order valence-corrected chi connectivity index (χ4v) is 3.32. The summed E-state index contributed by atoms with van der Waals surface area (Å²) in [5.74, 6) is 1.09. The Morgan fingerprint density at radius 3 is 2.88 bits per heavy atom. The minimum absolute atomic E-state index is 0.0535. The molecule has 0 radical (unpaired) electrons. The molecule has 3 aromatic rings. The lowest BCUT2D eigenvalue weighted by molar-refractivity contribution is 0.240. The first kappa shape index (κ1) is 15.8. The van der Waals surface area contributed by atoms with Gasteiger partial charge in [0.1, 0.15) is 0 Å². The lowest BCUT2D eigenvalue weighted by Gasteiger charge is -2.27. The highest BCUT2D eigenvalue weighted by molar-refractivity contribution is 5.47. The maximum atomic E-state index is 12.4. The Balaban J connectivity index is 1.59. The second-order valence-electron chi connectivity index (χ2n) is 6.70. The third kappa shape index (κ3) is 3.15. The molecule has 1 aromatic carbocycles. The Morgan fingerprint density at radius 1 is 1.24 bits per heavy atom. The van der Waals surface area contributed by atoms with Crippen molar-refractivity contribution in [1.29, 1.82) is 0 Å². The summed E-state index contributed by atoms with van der Waals surface area (Å²) in [5.41, 5.74) is 5.51. The number of aromatic amines is 1. The van der Waals surface area contributed by atoms with Gasteiger partial charge in [0.25, 0.3) is 5.56 Å². The molecule has 1 aliphatic heterocycles. The van der Waals surface area contributed by atoms with Crippen LogP contribution in [0.5, 0.6) is 0 Å². The van der Waals surface area contributed by atoms with Gasteiger partial charge in [0.2, 0.25) is 0 Å². The summed E-state index contributed by atoms with van der Waals surface area (Å²) in [5, 5.41) is 0. The molecular formula is C20H21N3O2. The molecule has 0 saturated heterocycles. The van der Waals surface area contributed by atoms with Crippen LogP contribution in [0.3, 0.4) is 0 Å². The van der Waals surface area contributed by atoms with Crippen LogP contribution in [-0.2, 0) is 19.5 Å². The first-order chi connectivity index (χ1) is 12.1. The molecule has 0 aliphatic carbocycles. The lowest BCUT2D eigenvalue weighted by atomic mass is 10.0. The van der Waals surface area contributed by atoms with Gasteiger partial charge < -0.3 is 9.40 Å². The number of nitrogens with one attached hydrogen (secondary N) is 1. The summed E-state index contributed by atoms with van der Waals surface area (Å²) in [6, 6.07) is 10.2. The van der Waals surface area contributed by atoms with E-state index in [2.05, 4.69) is 46.9 Å². The van der Waals surface area contributed by atoms with Crippen molar-refractivity contribution < 1.29 is 4.42 Å². The summed E-state index contributed by atoms with van der Waals surface area (Å²) in [6.07, 6.45) is 2.31. The maximum Gasteiger partial charge on any atom is 0.254 e. The minimum atomic E-state index is -0.0535. The quantitative estimate of drug-likeness (QED) is 0.798. The Kier molecular flexibility index (Phi) is 4.01. The summed E-state index contributed by atoms with van der Waals surface area (Å²) in [6.45, 7) is 6.68. The highest BCUT2D eigenvalue weighted by Crippen LogP contribution is 2.21. The van der Waals surface area contributed by atoms with Crippen LogP contribution in [0, 0.1) is 13.8 Å². The molecule has 25 heavy (non-hydrogen) atoms. The van der Waals surface area contributed by atoms with Crippen LogP contribution in [0.2, 0.25) is 0 Å². The summed E-state index contributed by atoms with van der Waals surface area (Å²) in [4.78, 5) is 22.2. The predicted octanol–water partition coefficient (Wildman–Crippen LogP) is 3.21. The first-order valence-corrected chi connectivity index (χ1v) is 8.54. The predicted molar refractivity (Wildman–Crippen MR) is 96.3 cm³/mol. The van der Waals surface area contributed by atoms with Gasteiger partial charge in [-0.25, -0.2) is 4.98 Å². The Morgan fingerprint density at radius 2 is 2.12 bits per heavy atom. The van der Waals surface area contributed by atoms with Crippen molar-refractivity contribution >= 4 is 0 Å². The van der Waals surface area contributed by atoms with E-state index in [4.69, 9.17) is 4.42 Å². The normalized spacial score (nSPS) is 14.5. The zero-order valence-electron chi connectivity index (χ0n) is 14.5. The van der Waals surface area contributed by atoms with Gasteiger partial charge in [-0.05, 0) is 49.1 Å². The zero-order chi connectivity index (χ0) is 17.4. The van der Waals surface area contributed by atoms with Gasteiger partial charge in [-0.2, -0.15) is 0 Å². The molecule has 0 saturated carbocycles. The van der Waals surface area contributed by atoms with Crippen LogP contribution in [0.1, 0.15) is 27.9 Å². The second-order valence-corrected chi connectivity index (χ2v) is 6.70. The number of aryl methyl sites for hydroxylation is 2. The SMILES string of the molecule is Cc1ccc(CN2CCc3c(nc(-c4ccco4)[nH]c3=O)C2)cc1C. The first-order valence-electron chi connectivity index (χ1n) is 8.54. The third-order valence-corrected chi connectivity index (χ3v) is 4.88. The number of hydrogen-bond donors (Lipinski definition) is 1. The number of fused-ring (bicyclic) bond motifs is 1. The molecule has 1 aliphatic rings. The van der Waals surface area contributed by atoms with E-state index >= 15 is 0 Å². The topological polar surface area (TPSA) is 62.1 Å². The smallest absolute Gasteiger partial charge is 0.254 e. The Labute approximate surface area is 146 Å². The number of benzene rings is 1. The summed E-state index contributed by atoms with van der Waals surface area (Å²) in [7, 11) is 0. The Bertz CT molecular complexity index is 958. The number of furan rings is 1. The average molecular weight is 335 g/mol. The zero-order valence-corrected chi connectivity index (χ0v) is 14.5. The van der Waals surface area contributed by atoms with E-state index in [9.17, 15) is 4.79 Å². The minimum Gasteiger partial charge on any atom is -0.461 e. The molecule has 0 fully saturated rings. The highest BCUT2D eigenvalue weighted by Gasteiger charge is 2.22. The van der Waals surface area contributed by atoms with Gasteiger partial charge >= 0.3 is 0 Å². The van der Waals surface area contributed by atoms with Crippen molar-refractivity contribution in [2.24, 2.45) is 0 Å². The van der Waals surface area contributed by atoms with Gasteiger partial charge in [-0.1, -0.05) is 18.2 Å². The molecule has 0 amide bonds. The van der Waals surface area contributed by atoms with Crippen molar-refractivity contribution in [3.05, 3.63) is 74.9 Å². The number of rotatable bonds is 3. The third-order valence-electron chi connectivity index (χ3n) is 4.88. The number of hydrogen-bond acceptors (Lipinski definition) is 4. The number of H-pyrrole nitrogens is 1. The van der Waals surface area contributed by atoms with E-state index < -0.39 is 0 Å². The van der Waals surface area contributed by atoms with Crippen molar-refractivity contribution in [2.75, 3.05) is 6.54 Å². The molecule has 0 atom stereocenters. The largest absolute Gasteiger partial charge is 0.461 e. The van der Waals surface area contributed by atoms with Crippen molar-refractivity contribution in [3.8, 4) is 11.6 Å². The van der Waals surface area contributed by atoms with Crippen molar-refractivity contribution in [3.63, 3.8) is 0 Å². The molecule has 0 bridgehead atoms. The van der Waals surface area contributed by atoms with Gasteiger partial charge in [0.05, 0.1) is 12.0 Å². The molecule has 128 valence electrons. The van der Waals surface area contributed by atoms with E-state index in [-0.39, 0.29) is 5.56 Å². The maximum absolute atomic E-state index is 12.4. The van der Waals surface area contributed by atoms with E-state index in [1.807, 2.05) is 0 Å². The van der Waals surface area contributed by atoms with Crippen LogP contribution in [-0.4, -0.2) is 21.4 Å². The van der Waals surface area contributed by atoms with Crippen LogP contribution in [0.25, 0.3) is 11.6 Å². The van der Waals surface area contributed by atoms with Crippen LogP contribution in [0.15, 0.2) is 45.8 Å². The summed E-state index contributed by atoms with van der Waals surface area (Å²) >= 11 is 0. The van der Waals surface area contributed by atoms with Gasteiger partial charge in [-0.3, -0.25) is 9.69 Å². The monoisotopic (exact) mass is 335 g/mol. The van der Waals surface area contributed by atoms with Gasteiger partial charge in [0, 0.05) is 25.2 Å². The molecule has 0 spiro atoms. The van der Waals surface area contributed by atoms with E-state index in [0.717, 1.165) is 30.8 Å². The molecular weight excluding hydrogens is 314 g/mol. The lowest BCUT2D eigenvalue weighted by Crippen LogP contribution is -2.35. The van der Waals surface area contributed by atoms with Crippen molar-refractivity contribution in [1.82, 2.24) is 14.9 Å². The molecule has 4 rings (SSSR count). The number of nitrogens with zero attached hydrogens (tertiary/aromatic N) is 2. The average Bonchev–Trinajstić information content (AvgIpc) is 3.12. The van der Waals surface area contributed by atoms with Crippen LogP contribution >= 0.6 is 0 Å². The molecule has 0 unspecified atom stereocenters. The van der Waals surface area contributed by atoms with E-state index in [1.165, 1.54) is 16.7 Å². The van der Waals surface area contributed by atoms with Gasteiger partial charge in [-0.15, -0.1) is 0 Å². The van der Waals surface area contributed by atoms with E-state index in [0.29, 0.717) is 18.1 Å². The van der Waals surface area contributed by atoms with Crippen LogP contribution < -0.4 is 5.56 Å². The van der Waals surface area contributed by atoms with Crippen LogP contribution in [0.4, 0.5) is 0 Å². The summed E-state index contributed by atoms with van der Waals surface area (Å²) < 4.78 is 5.37. The molecule has 1 N–H and O–H groups in total. The molecule has 5 heteroatoms.